The molecule has 1 aromatic carbocycles. The van der Waals surface area contributed by atoms with Gasteiger partial charge in [0.1, 0.15) is 5.00 Å². The van der Waals surface area contributed by atoms with Crippen LogP contribution in [0.15, 0.2) is 29.2 Å². The second-order valence-corrected chi connectivity index (χ2v) is 14.5. The summed E-state index contributed by atoms with van der Waals surface area (Å²) in [5.41, 5.74) is 2.73. The Kier molecular flexibility index (Phi) is 7.34. The molecule has 1 aromatic heterocycles. The molecule has 1 unspecified atom stereocenters. The van der Waals surface area contributed by atoms with Gasteiger partial charge in [-0.15, -0.1) is 11.3 Å². The first-order valence-corrected chi connectivity index (χ1v) is 15.9. The number of thiophene rings is 1. The molecule has 0 spiro atoms. The molecule has 3 N–H and O–H groups in total. The van der Waals surface area contributed by atoms with Gasteiger partial charge >= 0.3 is 0 Å². The Labute approximate surface area is 222 Å². The van der Waals surface area contributed by atoms with E-state index in [-0.39, 0.29) is 17.7 Å². The van der Waals surface area contributed by atoms with Gasteiger partial charge in [-0.05, 0) is 91.3 Å². The topological polar surface area (TPSA) is 99.1 Å². The lowest BCUT2D eigenvalue weighted by Crippen LogP contribution is -2.28. The number of hydrogen-bond acceptors (Lipinski definition) is 6. The number of benzene rings is 1. The van der Waals surface area contributed by atoms with Crippen molar-refractivity contribution in [2.24, 2.45) is 17.8 Å². The maximum Gasteiger partial charge on any atom is 0.254 e. The predicted octanol–water partition coefficient (Wildman–Crippen LogP) is 5.38. The second kappa shape index (κ2) is 10.3. The van der Waals surface area contributed by atoms with E-state index >= 15 is 0 Å². The Bertz CT molecular complexity index is 1310. The van der Waals surface area contributed by atoms with Gasteiger partial charge < -0.3 is 10.6 Å². The van der Waals surface area contributed by atoms with Gasteiger partial charge in [0, 0.05) is 34.9 Å². The minimum absolute atomic E-state index is 0.0356. The molecule has 36 heavy (non-hydrogen) atoms. The Hall–Kier alpha value is -2.10. The zero-order chi connectivity index (χ0) is 25.4. The minimum Gasteiger partial charge on any atom is -0.352 e. The first-order chi connectivity index (χ1) is 17.2. The van der Waals surface area contributed by atoms with Crippen molar-refractivity contribution in [2.45, 2.75) is 62.7 Å². The van der Waals surface area contributed by atoms with Crippen LogP contribution in [-0.4, -0.2) is 33.7 Å². The Morgan fingerprint density at radius 2 is 1.94 bits per heavy atom. The molecule has 1 heterocycles. The number of fused-ring (bicyclic) bond motifs is 1. The second-order valence-electron chi connectivity index (χ2n) is 10.6. The van der Waals surface area contributed by atoms with Crippen LogP contribution in [0, 0.1) is 22.5 Å². The molecule has 5 rings (SSSR count). The first-order valence-electron chi connectivity index (χ1n) is 12.8. The standard InChI is InChI=1S/C27H33N3O3S3/c1-36(28,33)21-4-2-3-17(13-21)11-20(34)12-18-7-10-23-22(14-18)24(26(32)29-15-16-5-6-16)27(35-23)30-25(31)19-8-9-19/h2-4,13,16,18-19,28H,5-12,14-15H2,1H3,(H,29,32)(H,30,31)/t18-,36?/m1/s1. The minimum atomic E-state index is -2.76. The highest BCUT2D eigenvalue weighted by molar-refractivity contribution is 7.91. The lowest BCUT2D eigenvalue weighted by Gasteiger charge is -2.23. The molecular weight excluding hydrogens is 511 g/mol. The molecule has 2 fully saturated rings. The summed E-state index contributed by atoms with van der Waals surface area (Å²) in [5, 5.41) is 6.90. The van der Waals surface area contributed by atoms with Crippen LogP contribution in [0.1, 0.15) is 64.9 Å². The van der Waals surface area contributed by atoms with E-state index in [1.807, 2.05) is 18.2 Å². The van der Waals surface area contributed by atoms with E-state index in [0.29, 0.717) is 40.3 Å². The van der Waals surface area contributed by atoms with E-state index in [0.717, 1.165) is 54.5 Å². The molecule has 6 nitrogen and oxygen atoms in total. The van der Waals surface area contributed by atoms with Crippen molar-refractivity contribution in [3.8, 4) is 0 Å². The molecule has 2 amide bonds. The lowest BCUT2D eigenvalue weighted by molar-refractivity contribution is -0.117. The zero-order valence-corrected chi connectivity index (χ0v) is 23.0. The van der Waals surface area contributed by atoms with Crippen molar-refractivity contribution < 1.29 is 13.8 Å². The highest BCUT2D eigenvalue weighted by Gasteiger charge is 2.34. The molecule has 2 saturated carbocycles. The van der Waals surface area contributed by atoms with Crippen molar-refractivity contribution in [3.05, 3.63) is 45.8 Å². The van der Waals surface area contributed by atoms with Gasteiger partial charge in [-0.25, -0.2) is 8.99 Å². The summed E-state index contributed by atoms with van der Waals surface area (Å²) < 4.78 is 20.0. The fraction of sp³-hybridized carbons (Fsp3) is 0.519. The largest absolute Gasteiger partial charge is 0.352 e. The highest BCUT2D eigenvalue weighted by atomic mass is 32.2. The normalized spacial score (nSPS) is 20.8. The van der Waals surface area contributed by atoms with Crippen LogP contribution < -0.4 is 10.6 Å². The fourth-order valence-electron chi connectivity index (χ4n) is 4.88. The van der Waals surface area contributed by atoms with Crippen molar-refractivity contribution in [2.75, 3.05) is 18.1 Å². The van der Waals surface area contributed by atoms with Gasteiger partial charge in [-0.3, -0.25) is 9.59 Å². The molecule has 192 valence electrons. The van der Waals surface area contributed by atoms with E-state index < -0.39 is 9.73 Å². The predicted molar refractivity (Wildman–Crippen MR) is 149 cm³/mol. The molecule has 3 aliphatic carbocycles. The van der Waals surface area contributed by atoms with Gasteiger partial charge in [0.05, 0.1) is 15.3 Å². The van der Waals surface area contributed by atoms with Crippen LogP contribution >= 0.6 is 23.6 Å². The summed E-state index contributed by atoms with van der Waals surface area (Å²) in [7, 11) is -2.76. The van der Waals surface area contributed by atoms with E-state index in [9.17, 15) is 13.8 Å². The Balaban J connectivity index is 1.29. The summed E-state index contributed by atoms with van der Waals surface area (Å²) in [5.74, 6) is 0.993. The summed E-state index contributed by atoms with van der Waals surface area (Å²) in [6.45, 7) is 0.703. The van der Waals surface area contributed by atoms with Gasteiger partial charge in [0.2, 0.25) is 5.91 Å². The lowest BCUT2D eigenvalue weighted by atomic mass is 9.83. The quantitative estimate of drug-likeness (QED) is 0.350. The summed E-state index contributed by atoms with van der Waals surface area (Å²) in [6, 6.07) is 7.37. The van der Waals surface area contributed by atoms with Gasteiger partial charge in [0.25, 0.3) is 5.91 Å². The van der Waals surface area contributed by atoms with Crippen LogP contribution in [-0.2, 0) is 33.8 Å². The van der Waals surface area contributed by atoms with Crippen LogP contribution in [0.4, 0.5) is 5.00 Å². The number of thiocarbonyl (C=S) groups is 1. The van der Waals surface area contributed by atoms with Gasteiger partial charge in [-0.1, -0.05) is 24.4 Å². The summed E-state index contributed by atoms with van der Waals surface area (Å²) in [6.07, 6.45) is 9.72. The SMILES string of the molecule is CS(=N)(=O)c1cccc(CC(=S)C[C@H]2CCc3sc(NC(=O)C4CC4)c(C(=O)NCC4CC4)c3C2)c1. The van der Waals surface area contributed by atoms with Crippen molar-refractivity contribution >= 4 is 55.0 Å². The van der Waals surface area contributed by atoms with Gasteiger partial charge in [0.15, 0.2) is 0 Å². The van der Waals surface area contributed by atoms with Crippen molar-refractivity contribution in [1.82, 2.24) is 5.32 Å². The number of rotatable bonds is 10. The molecule has 0 radical (unpaired) electrons. The number of nitrogens with one attached hydrogen (secondary N) is 3. The maximum absolute atomic E-state index is 13.3. The van der Waals surface area contributed by atoms with Crippen LogP contribution in [0.2, 0.25) is 0 Å². The molecule has 0 aliphatic heterocycles. The first kappa shape index (κ1) is 25.5. The van der Waals surface area contributed by atoms with Crippen LogP contribution in [0.25, 0.3) is 0 Å². The fourth-order valence-corrected chi connectivity index (χ4v) is 7.25. The third-order valence-electron chi connectivity index (χ3n) is 7.29. The maximum atomic E-state index is 13.3. The van der Waals surface area contributed by atoms with Crippen molar-refractivity contribution in [1.29, 1.82) is 4.78 Å². The molecule has 3 aliphatic rings. The molecule has 0 saturated heterocycles. The highest BCUT2D eigenvalue weighted by Crippen LogP contribution is 2.42. The number of aryl methyl sites for hydroxylation is 1. The number of carbonyl (C=O) groups is 2. The number of amides is 2. The van der Waals surface area contributed by atoms with Crippen molar-refractivity contribution in [3.63, 3.8) is 0 Å². The van der Waals surface area contributed by atoms with E-state index in [1.54, 1.807) is 17.4 Å². The summed E-state index contributed by atoms with van der Waals surface area (Å²) >= 11 is 7.33. The smallest absolute Gasteiger partial charge is 0.254 e. The average molecular weight is 544 g/mol. The molecule has 0 bridgehead atoms. The van der Waals surface area contributed by atoms with E-state index in [4.69, 9.17) is 17.0 Å². The average Bonchev–Trinajstić information content (AvgIpc) is 3.74. The summed E-state index contributed by atoms with van der Waals surface area (Å²) in [4.78, 5) is 28.5. The van der Waals surface area contributed by atoms with Gasteiger partial charge in [-0.2, -0.15) is 0 Å². The molecule has 2 aromatic rings. The number of anilines is 1. The number of hydrogen-bond donors (Lipinski definition) is 3. The van der Waals surface area contributed by atoms with Crippen LogP contribution in [0.5, 0.6) is 0 Å². The zero-order valence-electron chi connectivity index (χ0n) is 20.6. The molecular formula is C27H33N3O3S3. The molecule has 9 heteroatoms. The third-order valence-corrected chi connectivity index (χ3v) is 9.96. The van der Waals surface area contributed by atoms with E-state index in [2.05, 4.69) is 10.6 Å². The third kappa shape index (κ3) is 6.23. The monoisotopic (exact) mass is 543 g/mol. The Morgan fingerprint density at radius 1 is 1.17 bits per heavy atom. The molecule has 2 atom stereocenters. The number of carbonyl (C=O) groups excluding carboxylic acids is 2. The van der Waals surface area contributed by atoms with Crippen LogP contribution in [0.3, 0.4) is 0 Å². The Morgan fingerprint density at radius 3 is 2.64 bits per heavy atom. The van der Waals surface area contributed by atoms with E-state index in [1.165, 1.54) is 24.0 Å².